The SMILES string of the molecule is CC(C)C(=O)O[C@H](OC(=O)NC(O)CCC1CCCC(C[PH](=O)O)C1)C(C)C. The molecule has 4 unspecified atom stereocenters. The fourth-order valence-electron chi connectivity index (χ4n) is 3.38. The highest BCUT2D eigenvalue weighted by Gasteiger charge is 2.26. The maximum Gasteiger partial charge on any atom is 0.412 e. The van der Waals surface area contributed by atoms with Crippen LogP contribution in [0.3, 0.4) is 0 Å². The van der Waals surface area contributed by atoms with Crippen LogP contribution >= 0.6 is 8.03 Å². The van der Waals surface area contributed by atoms with E-state index in [0.29, 0.717) is 18.5 Å². The molecule has 0 radical (unpaired) electrons. The van der Waals surface area contributed by atoms with Crippen LogP contribution in [-0.4, -0.2) is 40.7 Å². The molecule has 0 aliphatic heterocycles. The van der Waals surface area contributed by atoms with Gasteiger partial charge >= 0.3 is 12.1 Å². The molecule has 1 rings (SSSR count). The fraction of sp³-hybridized carbons (Fsp3) is 0.895. The molecule has 1 fully saturated rings. The Bertz CT molecular complexity index is 526. The van der Waals surface area contributed by atoms with Crippen molar-refractivity contribution in [2.45, 2.75) is 78.7 Å². The minimum absolute atomic E-state index is 0.219. The van der Waals surface area contributed by atoms with Gasteiger partial charge in [-0.2, -0.15) is 0 Å². The van der Waals surface area contributed by atoms with Gasteiger partial charge in [-0.1, -0.05) is 40.5 Å². The summed E-state index contributed by atoms with van der Waals surface area (Å²) >= 11 is 0. The maximum absolute atomic E-state index is 12.0. The first kappa shape index (κ1) is 24.9. The fourth-order valence-corrected chi connectivity index (χ4v) is 4.25. The van der Waals surface area contributed by atoms with Crippen LogP contribution in [-0.2, 0) is 18.8 Å². The zero-order valence-corrected chi connectivity index (χ0v) is 18.3. The number of hydrogen-bond acceptors (Lipinski definition) is 6. The van der Waals surface area contributed by atoms with E-state index in [2.05, 4.69) is 5.32 Å². The molecule has 1 aliphatic carbocycles. The Morgan fingerprint density at radius 3 is 2.36 bits per heavy atom. The van der Waals surface area contributed by atoms with Gasteiger partial charge in [0.1, 0.15) is 6.23 Å². The highest BCUT2D eigenvalue weighted by atomic mass is 31.1. The van der Waals surface area contributed by atoms with Crippen LogP contribution in [0.15, 0.2) is 0 Å². The molecular formula is C19H36NO7P. The Labute approximate surface area is 168 Å². The molecule has 3 N–H and O–H groups in total. The predicted molar refractivity (Wildman–Crippen MR) is 106 cm³/mol. The van der Waals surface area contributed by atoms with Crippen molar-refractivity contribution in [3.8, 4) is 0 Å². The third-order valence-corrected chi connectivity index (χ3v) is 5.89. The van der Waals surface area contributed by atoms with E-state index in [1.807, 2.05) is 0 Å². The lowest BCUT2D eigenvalue weighted by molar-refractivity contribution is -0.179. The molecule has 0 saturated heterocycles. The van der Waals surface area contributed by atoms with Crippen molar-refractivity contribution in [2.75, 3.05) is 6.16 Å². The third kappa shape index (κ3) is 9.89. The topological polar surface area (TPSA) is 122 Å². The Hall–Kier alpha value is -1.11. The quantitative estimate of drug-likeness (QED) is 0.281. The minimum atomic E-state index is -2.44. The number of hydrogen-bond donors (Lipinski definition) is 3. The molecule has 1 aliphatic rings. The number of alkyl carbamates (subject to hydrolysis) is 1. The smallest absolute Gasteiger partial charge is 0.412 e. The highest BCUT2D eigenvalue weighted by molar-refractivity contribution is 7.38. The van der Waals surface area contributed by atoms with E-state index in [1.54, 1.807) is 27.7 Å². The molecule has 0 aromatic heterocycles. The summed E-state index contributed by atoms with van der Waals surface area (Å²) in [6, 6.07) is 0. The van der Waals surface area contributed by atoms with Crippen molar-refractivity contribution >= 4 is 20.1 Å². The maximum atomic E-state index is 12.0. The normalized spacial score (nSPS) is 23.1. The number of esters is 1. The van der Waals surface area contributed by atoms with Crippen LogP contribution in [0.1, 0.15) is 66.2 Å². The van der Waals surface area contributed by atoms with Gasteiger partial charge in [-0.3, -0.25) is 14.7 Å². The van der Waals surface area contributed by atoms with Crippen molar-refractivity contribution in [3.05, 3.63) is 0 Å². The summed E-state index contributed by atoms with van der Waals surface area (Å²) in [5.41, 5.74) is 0. The molecule has 28 heavy (non-hydrogen) atoms. The predicted octanol–water partition coefficient (Wildman–Crippen LogP) is 3.27. The van der Waals surface area contributed by atoms with Crippen molar-refractivity contribution in [1.29, 1.82) is 0 Å². The van der Waals surface area contributed by atoms with E-state index < -0.39 is 32.6 Å². The molecule has 1 amide bonds. The molecule has 5 atom stereocenters. The molecular weight excluding hydrogens is 385 g/mol. The van der Waals surface area contributed by atoms with Crippen molar-refractivity contribution < 1.29 is 33.6 Å². The lowest BCUT2D eigenvalue weighted by atomic mass is 9.80. The van der Waals surface area contributed by atoms with Crippen LogP contribution in [0.25, 0.3) is 0 Å². The largest absolute Gasteiger partial charge is 0.425 e. The van der Waals surface area contributed by atoms with Gasteiger partial charge in [0.15, 0.2) is 8.03 Å². The van der Waals surface area contributed by atoms with Crippen LogP contribution in [0.5, 0.6) is 0 Å². The van der Waals surface area contributed by atoms with Gasteiger partial charge in [0.2, 0.25) is 0 Å². The van der Waals surface area contributed by atoms with E-state index in [0.717, 1.165) is 32.1 Å². The minimum Gasteiger partial charge on any atom is -0.425 e. The van der Waals surface area contributed by atoms with Gasteiger partial charge < -0.3 is 19.5 Å². The first-order valence-corrected chi connectivity index (χ1v) is 11.7. The Morgan fingerprint density at radius 2 is 1.79 bits per heavy atom. The molecule has 8 nitrogen and oxygen atoms in total. The van der Waals surface area contributed by atoms with Gasteiger partial charge in [-0.15, -0.1) is 0 Å². The summed E-state index contributed by atoms with van der Waals surface area (Å²) in [6.07, 6.45) is 2.48. The van der Waals surface area contributed by atoms with E-state index >= 15 is 0 Å². The van der Waals surface area contributed by atoms with Gasteiger partial charge in [-0.25, -0.2) is 4.79 Å². The average molecular weight is 421 g/mol. The van der Waals surface area contributed by atoms with Crippen LogP contribution in [0, 0.1) is 23.7 Å². The summed E-state index contributed by atoms with van der Waals surface area (Å²) in [6.45, 7) is 6.92. The van der Waals surface area contributed by atoms with Crippen LogP contribution in [0.2, 0.25) is 0 Å². The molecule has 9 heteroatoms. The van der Waals surface area contributed by atoms with Crippen LogP contribution < -0.4 is 5.32 Å². The number of amides is 1. The van der Waals surface area contributed by atoms with Gasteiger partial charge in [0, 0.05) is 12.1 Å². The first-order chi connectivity index (χ1) is 13.1. The van der Waals surface area contributed by atoms with E-state index in [1.165, 1.54) is 0 Å². The average Bonchev–Trinajstić information content (AvgIpc) is 2.58. The van der Waals surface area contributed by atoms with Crippen molar-refractivity contribution in [3.63, 3.8) is 0 Å². The Balaban J connectivity index is 2.38. The molecule has 0 bridgehead atoms. The van der Waals surface area contributed by atoms with E-state index in [4.69, 9.17) is 14.4 Å². The summed E-state index contributed by atoms with van der Waals surface area (Å²) in [7, 11) is -2.44. The molecule has 0 aromatic carbocycles. The monoisotopic (exact) mass is 421 g/mol. The number of ether oxygens (including phenoxy) is 2. The zero-order chi connectivity index (χ0) is 21.3. The lowest BCUT2D eigenvalue weighted by Gasteiger charge is -2.29. The lowest BCUT2D eigenvalue weighted by Crippen LogP contribution is -2.40. The number of carbonyl (C=O) groups excluding carboxylic acids is 2. The number of aliphatic hydroxyl groups excluding tert-OH is 1. The second kappa shape index (κ2) is 12.5. The number of carbonyl (C=O) groups is 2. The summed E-state index contributed by atoms with van der Waals surface area (Å²) < 4.78 is 21.4. The van der Waals surface area contributed by atoms with Gasteiger partial charge in [0.05, 0.1) is 5.92 Å². The second-order valence-corrected chi connectivity index (χ2v) is 9.54. The number of nitrogens with one attached hydrogen (secondary N) is 1. The van der Waals surface area contributed by atoms with Crippen molar-refractivity contribution in [2.24, 2.45) is 23.7 Å². The van der Waals surface area contributed by atoms with Gasteiger partial charge in [-0.05, 0) is 37.5 Å². The molecule has 0 aromatic rings. The summed E-state index contributed by atoms with van der Waals surface area (Å²) in [5.74, 6) is -0.355. The third-order valence-electron chi connectivity index (χ3n) is 4.96. The van der Waals surface area contributed by atoms with Crippen LogP contribution in [0.4, 0.5) is 4.79 Å². The summed E-state index contributed by atoms with van der Waals surface area (Å²) in [4.78, 5) is 32.8. The molecule has 1 saturated carbocycles. The van der Waals surface area contributed by atoms with E-state index in [9.17, 15) is 19.3 Å². The molecule has 0 heterocycles. The van der Waals surface area contributed by atoms with Crippen molar-refractivity contribution in [1.82, 2.24) is 5.32 Å². The van der Waals surface area contributed by atoms with E-state index in [-0.39, 0.29) is 17.8 Å². The number of rotatable bonds is 10. The molecule has 164 valence electrons. The standard InChI is InChI=1S/C19H36NO7P/c1-12(2)17(22)26-18(13(3)4)27-19(23)20-16(21)9-8-14-6-5-7-15(10-14)11-28(24)25/h12-16,18,21,28H,5-11H2,1-4H3,(H,20,23)(H,24,25)/t14?,15?,16?,18-/m1/s1. The second-order valence-electron chi connectivity index (χ2n) is 8.34. The van der Waals surface area contributed by atoms with Gasteiger partial charge in [0.25, 0.3) is 6.29 Å². The number of aliphatic hydroxyl groups is 1. The Kier molecular flexibility index (Phi) is 11.1. The highest BCUT2D eigenvalue weighted by Crippen LogP contribution is 2.35. The zero-order valence-electron chi connectivity index (χ0n) is 17.3. The Morgan fingerprint density at radius 1 is 1.14 bits per heavy atom. The first-order valence-electron chi connectivity index (χ1n) is 10.2. The summed E-state index contributed by atoms with van der Waals surface area (Å²) in [5, 5.41) is 12.4. The molecule has 0 spiro atoms.